The number of thiophene rings is 2. The number of carbonyl (C=O) groups is 2. The maximum Gasteiger partial charge on any atom is 0.433 e. The average Bonchev–Trinajstić information content (AvgIpc) is 3.76. The van der Waals surface area contributed by atoms with Gasteiger partial charge in [0.2, 0.25) is 0 Å². The molecule has 6 aromatic heterocycles. The van der Waals surface area contributed by atoms with Gasteiger partial charge in [-0.3, -0.25) is 14.3 Å². The standard InChI is InChI=1S/C27H18F6N8O2S2/c1-3-40-10-13(11(2)38-40)12-7-17(26(28,29)30)36-25-20(12)21(22(45-25)23(34)42)37-24(43)15-9-19-35-14(16-5-4-6-44-16)8-18(27(31,32)33)41(19)39-15/h4-10H,3H2,1-2H3,(H2,34,42)(H,37,43). The zero-order valence-electron chi connectivity index (χ0n) is 22.9. The van der Waals surface area contributed by atoms with Crippen LogP contribution >= 0.6 is 22.7 Å². The molecule has 0 bridgehead atoms. The molecule has 6 aromatic rings. The summed E-state index contributed by atoms with van der Waals surface area (Å²) in [5.41, 5.74) is 2.63. The summed E-state index contributed by atoms with van der Waals surface area (Å²) in [5.74, 6) is -2.15. The van der Waals surface area contributed by atoms with Crippen LogP contribution in [0.4, 0.5) is 32.0 Å². The Morgan fingerprint density at radius 1 is 1.02 bits per heavy atom. The fourth-order valence-electron chi connectivity index (χ4n) is 4.71. The molecule has 232 valence electrons. The largest absolute Gasteiger partial charge is 0.433 e. The maximum atomic E-state index is 14.0. The van der Waals surface area contributed by atoms with E-state index in [9.17, 15) is 35.9 Å². The molecule has 0 fully saturated rings. The van der Waals surface area contributed by atoms with Crippen molar-refractivity contribution >= 4 is 56.0 Å². The van der Waals surface area contributed by atoms with Crippen molar-refractivity contribution in [2.24, 2.45) is 5.73 Å². The molecule has 6 heterocycles. The lowest BCUT2D eigenvalue weighted by atomic mass is 10.0. The Kier molecular flexibility index (Phi) is 7.15. The second-order valence-electron chi connectivity index (χ2n) is 9.64. The Morgan fingerprint density at radius 3 is 2.38 bits per heavy atom. The molecule has 10 nitrogen and oxygen atoms in total. The number of aryl methyl sites for hydroxylation is 2. The molecule has 0 aliphatic heterocycles. The average molecular weight is 665 g/mol. The number of aromatic nitrogens is 6. The zero-order chi connectivity index (χ0) is 32.4. The second-order valence-corrected chi connectivity index (χ2v) is 11.6. The monoisotopic (exact) mass is 664 g/mol. The third-order valence-corrected chi connectivity index (χ3v) is 8.69. The van der Waals surface area contributed by atoms with E-state index in [0.717, 1.165) is 18.2 Å². The second kappa shape index (κ2) is 10.7. The van der Waals surface area contributed by atoms with E-state index < -0.39 is 41.2 Å². The van der Waals surface area contributed by atoms with E-state index in [1.165, 1.54) is 22.2 Å². The highest BCUT2D eigenvalue weighted by atomic mass is 32.1. The summed E-state index contributed by atoms with van der Waals surface area (Å²) in [6.07, 6.45) is -8.22. The van der Waals surface area contributed by atoms with E-state index in [2.05, 4.69) is 25.5 Å². The van der Waals surface area contributed by atoms with Gasteiger partial charge in [0.1, 0.15) is 15.4 Å². The summed E-state index contributed by atoms with van der Waals surface area (Å²) in [7, 11) is 0. The number of pyridine rings is 1. The van der Waals surface area contributed by atoms with Gasteiger partial charge in [-0.2, -0.15) is 36.5 Å². The number of nitrogens with two attached hydrogens (primary N) is 1. The van der Waals surface area contributed by atoms with Gasteiger partial charge in [-0.15, -0.1) is 22.7 Å². The first-order valence-electron chi connectivity index (χ1n) is 12.9. The van der Waals surface area contributed by atoms with Gasteiger partial charge >= 0.3 is 12.4 Å². The van der Waals surface area contributed by atoms with Crippen LogP contribution < -0.4 is 11.1 Å². The number of alkyl halides is 6. The first-order chi connectivity index (χ1) is 21.2. The van der Waals surface area contributed by atoms with Crippen LogP contribution in [0.15, 0.2) is 41.9 Å². The topological polar surface area (TPSA) is 133 Å². The van der Waals surface area contributed by atoms with Crippen LogP contribution in [-0.2, 0) is 18.9 Å². The highest BCUT2D eigenvalue weighted by Gasteiger charge is 2.37. The van der Waals surface area contributed by atoms with Crippen molar-refractivity contribution in [1.82, 2.24) is 29.4 Å². The van der Waals surface area contributed by atoms with Crippen LogP contribution in [0.3, 0.4) is 0 Å². The van der Waals surface area contributed by atoms with E-state index in [-0.39, 0.29) is 43.2 Å². The fraction of sp³-hybridized carbons (Fsp3) is 0.185. The van der Waals surface area contributed by atoms with Gasteiger partial charge in [0.25, 0.3) is 11.8 Å². The number of nitrogens with one attached hydrogen (secondary N) is 1. The van der Waals surface area contributed by atoms with Crippen LogP contribution in [0.2, 0.25) is 0 Å². The molecule has 3 N–H and O–H groups in total. The number of carbonyl (C=O) groups excluding carboxylic acids is 2. The molecule has 2 amide bonds. The highest BCUT2D eigenvalue weighted by Crippen LogP contribution is 2.44. The highest BCUT2D eigenvalue weighted by molar-refractivity contribution is 7.21. The van der Waals surface area contributed by atoms with E-state index in [1.807, 2.05) is 0 Å². The van der Waals surface area contributed by atoms with Crippen molar-refractivity contribution in [3.05, 3.63) is 69.6 Å². The Hall–Kier alpha value is -4.84. The van der Waals surface area contributed by atoms with Crippen LogP contribution in [0, 0.1) is 6.92 Å². The lowest BCUT2D eigenvalue weighted by Crippen LogP contribution is -2.18. The summed E-state index contributed by atoms with van der Waals surface area (Å²) >= 11 is 1.69. The molecule has 6 rings (SSSR count). The van der Waals surface area contributed by atoms with Gasteiger partial charge in [0, 0.05) is 29.8 Å². The molecule has 0 aromatic carbocycles. The first-order valence-corrected chi connectivity index (χ1v) is 14.6. The summed E-state index contributed by atoms with van der Waals surface area (Å²) in [6, 6.07) is 5.83. The van der Waals surface area contributed by atoms with E-state index >= 15 is 0 Å². The predicted molar refractivity (Wildman–Crippen MR) is 154 cm³/mol. The van der Waals surface area contributed by atoms with Gasteiger partial charge in [0.15, 0.2) is 17.0 Å². The van der Waals surface area contributed by atoms with Crippen LogP contribution in [0.25, 0.3) is 37.6 Å². The number of amides is 2. The number of anilines is 1. The molecule has 0 aliphatic carbocycles. The molecule has 18 heteroatoms. The summed E-state index contributed by atoms with van der Waals surface area (Å²) in [4.78, 5) is 33.8. The summed E-state index contributed by atoms with van der Waals surface area (Å²) < 4.78 is 85.7. The normalized spacial score (nSPS) is 12.4. The van der Waals surface area contributed by atoms with Crippen molar-refractivity contribution in [3.8, 4) is 21.7 Å². The number of hydrogen-bond acceptors (Lipinski definition) is 8. The predicted octanol–water partition coefficient (Wildman–Crippen LogP) is 6.65. The Bertz CT molecular complexity index is 2130. The third-order valence-electron chi connectivity index (χ3n) is 6.70. The first kappa shape index (κ1) is 30.2. The summed E-state index contributed by atoms with van der Waals surface area (Å²) in [5, 5.41) is 12.2. The smallest absolute Gasteiger partial charge is 0.365 e. The molecule has 0 unspecified atom stereocenters. The molecular weight excluding hydrogens is 646 g/mol. The number of primary amides is 1. The van der Waals surface area contributed by atoms with Crippen molar-refractivity contribution in [2.45, 2.75) is 32.7 Å². The molecular formula is C27H18F6N8O2S2. The van der Waals surface area contributed by atoms with Crippen LogP contribution in [-0.4, -0.2) is 41.2 Å². The molecule has 0 aliphatic rings. The fourth-order valence-corrected chi connectivity index (χ4v) is 6.40. The number of nitrogens with zero attached hydrogens (tertiary/aromatic N) is 6. The van der Waals surface area contributed by atoms with Gasteiger partial charge < -0.3 is 11.1 Å². The Morgan fingerprint density at radius 2 is 1.78 bits per heavy atom. The van der Waals surface area contributed by atoms with Gasteiger partial charge in [-0.25, -0.2) is 14.5 Å². The number of fused-ring (bicyclic) bond motifs is 2. The van der Waals surface area contributed by atoms with Crippen molar-refractivity contribution in [1.29, 1.82) is 0 Å². The molecule has 0 spiro atoms. The quantitative estimate of drug-likeness (QED) is 0.192. The number of halogens is 6. The Balaban J connectivity index is 1.53. The van der Waals surface area contributed by atoms with E-state index in [1.54, 1.807) is 31.4 Å². The van der Waals surface area contributed by atoms with Crippen LogP contribution in [0.5, 0.6) is 0 Å². The van der Waals surface area contributed by atoms with Gasteiger partial charge in [0.05, 0.1) is 22.0 Å². The lowest BCUT2D eigenvalue weighted by Gasteiger charge is -2.11. The van der Waals surface area contributed by atoms with Crippen LogP contribution in [0.1, 0.15) is 44.2 Å². The minimum atomic E-state index is -4.87. The van der Waals surface area contributed by atoms with Crippen molar-refractivity contribution in [2.75, 3.05) is 5.32 Å². The van der Waals surface area contributed by atoms with E-state index in [4.69, 9.17) is 5.73 Å². The minimum Gasteiger partial charge on any atom is -0.365 e. The molecule has 45 heavy (non-hydrogen) atoms. The molecule has 0 radical (unpaired) electrons. The third kappa shape index (κ3) is 5.39. The SMILES string of the molecule is CCn1cc(-c2cc(C(F)(F)F)nc3sc(C(N)=O)c(NC(=O)c4cc5nc(-c6cccs6)cc(C(F)(F)F)n5n4)c23)c(C)n1. The van der Waals surface area contributed by atoms with Crippen molar-refractivity contribution in [3.63, 3.8) is 0 Å². The molecule has 0 atom stereocenters. The molecule has 0 saturated heterocycles. The van der Waals surface area contributed by atoms with Gasteiger partial charge in [-0.1, -0.05) is 6.07 Å². The number of rotatable bonds is 6. The summed E-state index contributed by atoms with van der Waals surface area (Å²) in [6.45, 7) is 3.75. The van der Waals surface area contributed by atoms with Crippen molar-refractivity contribution < 1.29 is 35.9 Å². The lowest BCUT2D eigenvalue weighted by molar-refractivity contribution is -0.143. The Labute approximate surface area is 256 Å². The maximum absolute atomic E-state index is 14.0. The number of hydrogen-bond donors (Lipinski definition) is 2. The zero-order valence-corrected chi connectivity index (χ0v) is 24.5. The van der Waals surface area contributed by atoms with E-state index in [0.29, 0.717) is 33.0 Å². The minimum absolute atomic E-state index is 0.00991. The molecule has 0 saturated carbocycles. The van der Waals surface area contributed by atoms with Gasteiger partial charge in [-0.05, 0) is 43.0 Å².